The van der Waals surface area contributed by atoms with Crippen molar-refractivity contribution in [3.63, 3.8) is 0 Å². The van der Waals surface area contributed by atoms with Crippen molar-refractivity contribution in [1.82, 2.24) is 14.8 Å². The van der Waals surface area contributed by atoms with Gasteiger partial charge in [-0.3, -0.25) is 14.8 Å². The Balaban J connectivity index is 1.65. The molecule has 2 aromatic rings. The molecule has 3 rings (SSSR count). The zero-order chi connectivity index (χ0) is 17.6. The van der Waals surface area contributed by atoms with Crippen LogP contribution in [-0.4, -0.2) is 52.2 Å². The molecule has 1 unspecified atom stereocenters. The average Bonchev–Trinajstić information content (AvgIpc) is 2.59. The molecule has 1 aromatic carbocycles. The minimum Gasteiger partial charge on any atom is -0.396 e. The summed E-state index contributed by atoms with van der Waals surface area (Å²) in [6.45, 7) is 9.38. The smallest absolute Gasteiger partial charge is 0.0547 e. The van der Waals surface area contributed by atoms with Crippen LogP contribution in [0.3, 0.4) is 0 Å². The fraction of sp³-hybridized carbons (Fsp3) is 0.476. The van der Waals surface area contributed by atoms with Crippen molar-refractivity contribution in [2.75, 3.05) is 26.2 Å². The number of rotatable bonds is 6. The van der Waals surface area contributed by atoms with E-state index >= 15 is 0 Å². The summed E-state index contributed by atoms with van der Waals surface area (Å²) in [6.07, 6.45) is 0.823. The standard InChI is InChI=1S/C21H29N3O/c1-17-6-3-4-8-19(17)14-24-12-11-23(16-21(24)10-13-25)15-20-9-5-7-18(2)22-20/h3-9,21,25H,10-16H2,1-2H3. The summed E-state index contributed by atoms with van der Waals surface area (Å²) >= 11 is 0. The molecule has 0 spiro atoms. The highest BCUT2D eigenvalue weighted by atomic mass is 16.3. The lowest BCUT2D eigenvalue weighted by Gasteiger charge is -2.41. The normalized spacial score (nSPS) is 19.2. The molecule has 4 heteroatoms. The van der Waals surface area contributed by atoms with Crippen LogP contribution in [0.1, 0.15) is 28.9 Å². The van der Waals surface area contributed by atoms with Crippen molar-refractivity contribution in [3.05, 3.63) is 65.0 Å². The first-order chi connectivity index (χ1) is 12.2. The van der Waals surface area contributed by atoms with Crippen LogP contribution in [0, 0.1) is 13.8 Å². The first-order valence-corrected chi connectivity index (χ1v) is 9.20. The molecule has 1 aliphatic rings. The fourth-order valence-electron chi connectivity index (χ4n) is 3.65. The second kappa shape index (κ2) is 8.56. The van der Waals surface area contributed by atoms with E-state index in [1.54, 1.807) is 0 Å². The van der Waals surface area contributed by atoms with Crippen LogP contribution < -0.4 is 0 Å². The maximum atomic E-state index is 9.51. The van der Waals surface area contributed by atoms with Gasteiger partial charge in [-0.1, -0.05) is 30.3 Å². The van der Waals surface area contributed by atoms with Gasteiger partial charge in [0.15, 0.2) is 0 Å². The van der Waals surface area contributed by atoms with Crippen molar-refractivity contribution >= 4 is 0 Å². The van der Waals surface area contributed by atoms with E-state index in [1.807, 2.05) is 13.0 Å². The monoisotopic (exact) mass is 339 g/mol. The molecule has 1 N–H and O–H groups in total. The van der Waals surface area contributed by atoms with Gasteiger partial charge in [0.25, 0.3) is 0 Å². The summed E-state index contributed by atoms with van der Waals surface area (Å²) in [7, 11) is 0. The molecule has 1 aromatic heterocycles. The highest BCUT2D eigenvalue weighted by molar-refractivity contribution is 5.25. The number of aryl methyl sites for hydroxylation is 2. The van der Waals surface area contributed by atoms with E-state index in [2.05, 4.69) is 58.1 Å². The first kappa shape index (κ1) is 18.1. The Labute approximate surface area is 151 Å². The van der Waals surface area contributed by atoms with E-state index in [1.165, 1.54) is 11.1 Å². The molecular weight excluding hydrogens is 310 g/mol. The van der Waals surface area contributed by atoms with E-state index in [0.717, 1.165) is 50.5 Å². The van der Waals surface area contributed by atoms with Gasteiger partial charge in [0, 0.05) is 51.1 Å². The number of benzene rings is 1. The first-order valence-electron chi connectivity index (χ1n) is 9.20. The minimum atomic E-state index is 0.242. The van der Waals surface area contributed by atoms with Gasteiger partial charge in [-0.25, -0.2) is 0 Å². The summed E-state index contributed by atoms with van der Waals surface area (Å²) in [5.74, 6) is 0. The second-order valence-corrected chi connectivity index (χ2v) is 7.07. The zero-order valence-corrected chi connectivity index (χ0v) is 15.4. The van der Waals surface area contributed by atoms with E-state index in [-0.39, 0.29) is 6.61 Å². The van der Waals surface area contributed by atoms with Crippen LogP contribution >= 0.6 is 0 Å². The van der Waals surface area contributed by atoms with E-state index < -0.39 is 0 Å². The summed E-state index contributed by atoms with van der Waals surface area (Å²) in [6, 6.07) is 15.2. The Bertz CT molecular complexity index is 688. The maximum Gasteiger partial charge on any atom is 0.0547 e. The molecule has 134 valence electrons. The van der Waals surface area contributed by atoms with Crippen LogP contribution in [0.15, 0.2) is 42.5 Å². The van der Waals surface area contributed by atoms with Gasteiger partial charge in [-0.15, -0.1) is 0 Å². The summed E-state index contributed by atoms with van der Waals surface area (Å²) in [4.78, 5) is 9.63. The Morgan fingerprint density at radius 2 is 1.88 bits per heavy atom. The van der Waals surface area contributed by atoms with Gasteiger partial charge in [0.1, 0.15) is 0 Å². The third-order valence-corrected chi connectivity index (χ3v) is 5.12. The molecule has 1 saturated heterocycles. The Morgan fingerprint density at radius 3 is 2.64 bits per heavy atom. The van der Waals surface area contributed by atoms with Gasteiger partial charge in [-0.2, -0.15) is 0 Å². The van der Waals surface area contributed by atoms with Gasteiger partial charge in [0.2, 0.25) is 0 Å². The molecule has 1 atom stereocenters. The number of aliphatic hydroxyl groups excluding tert-OH is 1. The minimum absolute atomic E-state index is 0.242. The number of pyridine rings is 1. The van der Waals surface area contributed by atoms with Crippen LogP contribution in [0.2, 0.25) is 0 Å². The van der Waals surface area contributed by atoms with Crippen LogP contribution in [0.25, 0.3) is 0 Å². The number of hydrogen-bond donors (Lipinski definition) is 1. The van der Waals surface area contributed by atoms with Crippen molar-refractivity contribution in [1.29, 1.82) is 0 Å². The topological polar surface area (TPSA) is 39.6 Å². The molecule has 4 nitrogen and oxygen atoms in total. The fourth-order valence-corrected chi connectivity index (χ4v) is 3.65. The number of aliphatic hydroxyl groups is 1. The Kier molecular flexibility index (Phi) is 6.19. The van der Waals surface area contributed by atoms with Crippen LogP contribution in [0.5, 0.6) is 0 Å². The quantitative estimate of drug-likeness (QED) is 0.878. The number of aromatic nitrogens is 1. The summed E-state index contributed by atoms with van der Waals surface area (Å²) in [5.41, 5.74) is 4.94. The molecule has 0 radical (unpaired) electrons. The van der Waals surface area contributed by atoms with Gasteiger partial charge in [0.05, 0.1) is 5.69 Å². The second-order valence-electron chi connectivity index (χ2n) is 7.07. The third kappa shape index (κ3) is 4.88. The van der Waals surface area contributed by atoms with E-state index in [4.69, 9.17) is 0 Å². The number of nitrogens with zero attached hydrogens (tertiary/aromatic N) is 3. The predicted molar refractivity (Wildman–Crippen MR) is 101 cm³/mol. The lowest BCUT2D eigenvalue weighted by Crippen LogP contribution is -2.52. The van der Waals surface area contributed by atoms with Gasteiger partial charge >= 0.3 is 0 Å². The summed E-state index contributed by atoms with van der Waals surface area (Å²) in [5, 5.41) is 9.51. The highest BCUT2D eigenvalue weighted by Gasteiger charge is 2.27. The van der Waals surface area contributed by atoms with Crippen LogP contribution in [0.4, 0.5) is 0 Å². The molecule has 0 saturated carbocycles. The number of hydrogen-bond acceptors (Lipinski definition) is 4. The Morgan fingerprint density at radius 1 is 1.04 bits per heavy atom. The highest BCUT2D eigenvalue weighted by Crippen LogP contribution is 2.19. The molecule has 0 bridgehead atoms. The van der Waals surface area contributed by atoms with Crippen molar-refractivity contribution in [2.45, 2.75) is 39.4 Å². The van der Waals surface area contributed by atoms with Crippen molar-refractivity contribution in [2.24, 2.45) is 0 Å². The van der Waals surface area contributed by atoms with E-state index in [9.17, 15) is 5.11 Å². The van der Waals surface area contributed by atoms with Gasteiger partial charge < -0.3 is 5.11 Å². The van der Waals surface area contributed by atoms with Crippen molar-refractivity contribution < 1.29 is 5.11 Å². The largest absolute Gasteiger partial charge is 0.396 e. The molecule has 1 aliphatic heterocycles. The number of piperazine rings is 1. The lowest BCUT2D eigenvalue weighted by molar-refractivity contribution is 0.0493. The zero-order valence-electron chi connectivity index (χ0n) is 15.4. The lowest BCUT2D eigenvalue weighted by atomic mass is 10.0. The SMILES string of the molecule is Cc1cccc(CN2CCN(Cc3ccccc3C)C(CCO)C2)n1. The molecule has 1 fully saturated rings. The summed E-state index contributed by atoms with van der Waals surface area (Å²) < 4.78 is 0. The molecular formula is C21H29N3O. The average molecular weight is 339 g/mol. The maximum absolute atomic E-state index is 9.51. The van der Waals surface area contributed by atoms with Gasteiger partial charge in [-0.05, 0) is 43.5 Å². The third-order valence-electron chi connectivity index (χ3n) is 5.12. The predicted octanol–water partition coefficient (Wildman–Crippen LogP) is 2.77. The molecule has 0 aliphatic carbocycles. The Hall–Kier alpha value is -1.75. The molecule has 25 heavy (non-hydrogen) atoms. The van der Waals surface area contributed by atoms with E-state index in [0.29, 0.717) is 6.04 Å². The molecule has 0 amide bonds. The van der Waals surface area contributed by atoms with Crippen LogP contribution in [-0.2, 0) is 13.1 Å². The molecule has 2 heterocycles. The van der Waals surface area contributed by atoms with Crippen molar-refractivity contribution in [3.8, 4) is 0 Å².